The van der Waals surface area contributed by atoms with E-state index in [1.807, 2.05) is 0 Å². The average Bonchev–Trinajstić information content (AvgIpc) is 2.47. The minimum Gasteiger partial charge on any atom is -0.384 e. The molecule has 0 bridgehead atoms. The summed E-state index contributed by atoms with van der Waals surface area (Å²) in [7, 11) is -2.84. The summed E-state index contributed by atoms with van der Waals surface area (Å²) in [6, 6.07) is 3.03. The molecule has 1 aromatic carbocycles. The van der Waals surface area contributed by atoms with Gasteiger partial charge in [0.25, 0.3) is 5.69 Å². The van der Waals surface area contributed by atoms with Gasteiger partial charge in [0.2, 0.25) is 0 Å². The Morgan fingerprint density at radius 2 is 2.00 bits per heavy atom. The molecular weight excluding hydrogens is 342 g/mol. The number of anilines is 1. The summed E-state index contributed by atoms with van der Waals surface area (Å²) in [6.07, 6.45) is 0.840. The monoisotopic (exact) mass is 361 g/mol. The maximum Gasteiger partial charge on any atom is 0.273 e. The molecule has 1 aromatic rings. The Bertz CT molecular complexity index is 680. The lowest BCUT2D eigenvalue weighted by Gasteiger charge is -2.26. The molecule has 128 valence electrons. The van der Waals surface area contributed by atoms with Crippen LogP contribution in [0, 0.1) is 17.0 Å². The highest BCUT2D eigenvalue weighted by molar-refractivity contribution is 7.91. The van der Waals surface area contributed by atoms with Crippen LogP contribution >= 0.6 is 11.6 Å². The highest BCUT2D eigenvalue weighted by Crippen LogP contribution is 2.30. The van der Waals surface area contributed by atoms with E-state index in [0.717, 1.165) is 13.0 Å². The third kappa shape index (κ3) is 5.05. The van der Waals surface area contributed by atoms with Gasteiger partial charge >= 0.3 is 0 Å². The zero-order valence-electron chi connectivity index (χ0n) is 12.9. The van der Waals surface area contributed by atoms with Crippen molar-refractivity contribution in [3.8, 4) is 0 Å². The molecule has 1 heterocycles. The van der Waals surface area contributed by atoms with Crippen LogP contribution in [0.5, 0.6) is 0 Å². The lowest BCUT2D eigenvalue weighted by atomic mass is 10.2. The zero-order valence-corrected chi connectivity index (χ0v) is 14.5. The second-order valence-corrected chi connectivity index (χ2v) is 8.36. The number of hydrogen-bond acceptors (Lipinski definition) is 6. The number of sulfone groups is 1. The van der Waals surface area contributed by atoms with E-state index in [9.17, 15) is 18.5 Å². The molecule has 1 fully saturated rings. The van der Waals surface area contributed by atoms with Crippen LogP contribution < -0.4 is 5.32 Å². The molecule has 0 amide bonds. The molecule has 0 spiro atoms. The predicted octanol–water partition coefficient (Wildman–Crippen LogP) is 2.09. The van der Waals surface area contributed by atoms with Crippen LogP contribution in [0.1, 0.15) is 12.0 Å². The summed E-state index contributed by atoms with van der Waals surface area (Å²) in [4.78, 5) is 12.5. The van der Waals surface area contributed by atoms with Gasteiger partial charge in [0.05, 0.1) is 27.1 Å². The lowest BCUT2D eigenvalue weighted by Crippen LogP contribution is -2.41. The normalized spacial score (nSPS) is 17.8. The first-order chi connectivity index (χ1) is 10.8. The molecule has 0 radical (unpaired) electrons. The van der Waals surface area contributed by atoms with Gasteiger partial charge in [-0.15, -0.1) is 0 Å². The van der Waals surface area contributed by atoms with Crippen molar-refractivity contribution in [1.29, 1.82) is 0 Å². The molecule has 1 saturated heterocycles. The van der Waals surface area contributed by atoms with Gasteiger partial charge in [-0.1, -0.05) is 11.6 Å². The number of nitrogens with zero attached hydrogens (tertiary/aromatic N) is 2. The number of halogens is 1. The van der Waals surface area contributed by atoms with Crippen LogP contribution in [-0.4, -0.2) is 55.9 Å². The highest BCUT2D eigenvalue weighted by atomic mass is 35.5. The number of nitro benzene ring substituents is 1. The van der Waals surface area contributed by atoms with E-state index < -0.39 is 14.8 Å². The molecule has 1 aliphatic rings. The minimum atomic E-state index is -2.84. The number of aryl methyl sites for hydroxylation is 1. The molecule has 0 aliphatic carbocycles. The Morgan fingerprint density at radius 3 is 2.61 bits per heavy atom. The average molecular weight is 362 g/mol. The van der Waals surface area contributed by atoms with Crippen molar-refractivity contribution in [1.82, 2.24) is 4.90 Å². The minimum absolute atomic E-state index is 0.00933. The van der Waals surface area contributed by atoms with Crippen molar-refractivity contribution in [3.63, 3.8) is 0 Å². The van der Waals surface area contributed by atoms with Gasteiger partial charge in [-0.05, 0) is 26.0 Å². The van der Waals surface area contributed by atoms with E-state index in [-0.39, 0.29) is 17.2 Å². The first-order valence-electron chi connectivity index (χ1n) is 7.40. The smallest absolute Gasteiger partial charge is 0.273 e. The van der Waals surface area contributed by atoms with Gasteiger partial charge in [0.1, 0.15) is 0 Å². The standard InChI is InChI=1S/C14H20ClN3O4S/c1-11-9-13(12(15)10-14(11)18(19)20)16-3-2-4-17-5-7-23(21,22)8-6-17/h9-10,16H,2-8H2,1H3. The van der Waals surface area contributed by atoms with Gasteiger partial charge in [0.15, 0.2) is 9.84 Å². The second-order valence-electron chi connectivity index (χ2n) is 5.65. The number of nitro groups is 1. The fourth-order valence-electron chi connectivity index (χ4n) is 2.50. The first kappa shape index (κ1) is 18.0. The molecule has 9 heteroatoms. The van der Waals surface area contributed by atoms with Gasteiger partial charge in [-0.25, -0.2) is 8.42 Å². The van der Waals surface area contributed by atoms with E-state index >= 15 is 0 Å². The van der Waals surface area contributed by atoms with Gasteiger partial charge in [-0.2, -0.15) is 0 Å². The third-order valence-electron chi connectivity index (χ3n) is 3.89. The summed E-state index contributed by atoms with van der Waals surface area (Å²) >= 11 is 6.06. The second kappa shape index (κ2) is 7.46. The highest BCUT2D eigenvalue weighted by Gasteiger charge is 2.21. The third-order valence-corrected chi connectivity index (χ3v) is 5.81. The molecule has 23 heavy (non-hydrogen) atoms. The first-order valence-corrected chi connectivity index (χ1v) is 9.59. The van der Waals surface area contributed by atoms with E-state index in [1.165, 1.54) is 6.07 Å². The number of nitrogens with one attached hydrogen (secondary N) is 1. The number of benzene rings is 1. The topological polar surface area (TPSA) is 92.6 Å². The molecule has 0 atom stereocenters. The lowest BCUT2D eigenvalue weighted by molar-refractivity contribution is -0.385. The molecule has 1 aliphatic heterocycles. The van der Waals surface area contributed by atoms with Crippen LogP contribution in [0.3, 0.4) is 0 Å². The fraction of sp³-hybridized carbons (Fsp3) is 0.571. The quantitative estimate of drug-likeness (QED) is 0.474. The summed E-state index contributed by atoms with van der Waals surface area (Å²) in [5.41, 5.74) is 1.24. The SMILES string of the molecule is Cc1cc(NCCCN2CCS(=O)(=O)CC2)c(Cl)cc1[N+](=O)[O-]. The van der Waals surface area contributed by atoms with Crippen LogP contribution in [0.15, 0.2) is 12.1 Å². The van der Waals surface area contributed by atoms with Crippen LogP contribution in [0.4, 0.5) is 11.4 Å². The van der Waals surface area contributed by atoms with Crippen molar-refractivity contribution in [3.05, 3.63) is 32.8 Å². The largest absolute Gasteiger partial charge is 0.384 e. The summed E-state index contributed by atoms with van der Waals surface area (Å²) in [5, 5.41) is 14.3. The Morgan fingerprint density at radius 1 is 1.35 bits per heavy atom. The van der Waals surface area contributed by atoms with Crippen molar-refractivity contribution in [2.45, 2.75) is 13.3 Å². The summed E-state index contributed by atoms with van der Waals surface area (Å²) in [6.45, 7) is 4.32. The molecule has 2 rings (SSSR count). The van der Waals surface area contributed by atoms with E-state index in [4.69, 9.17) is 11.6 Å². The maximum atomic E-state index is 11.4. The fourth-order valence-corrected chi connectivity index (χ4v) is 4.00. The van der Waals surface area contributed by atoms with E-state index in [0.29, 0.717) is 35.9 Å². The Hall–Kier alpha value is -1.38. The van der Waals surface area contributed by atoms with E-state index in [1.54, 1.807) is 13.0 Å². The van der Waals surface area contributed by atoms with Crippen LogP contribution in [0.2, 0.25) is 5.02 Å². The van der Waals surface area contributed by atoms with Gasteiger partial charge in [0, 0.05) is 31.3 Å². The Balaban J connectivity index is 1.81. The Kier molecular flexibility index (Phi) is 5.83. The van der Waals surface area contributed by atoms with Crippen LogP contribution in [0.25, 0.3) is 0 Å². The van der Waals surface area contributed by atoms with Gasteiger partial charge < -0.3 is 10.2 Å². The van der Waals surface area contributed by atoms with Gasteiger partial charge in [-0.3, -0.25) is 10.1 Å². The van der Waals surface area contributed by atoms with Crippen molar-refractivity contribution < 1.29 is 13.3 Å². The Labute approximate surface area is 140 Å². The molecule has 0 saturated carbocycles. The zero-order chi connectivity index (χ0) is 17.0. The van der Waals surface area contributed by atoms with E-state index in [2.05, 4.69) is 10.2 Å². The number of rotatable bonds is 6. The molecule has 0 unspecified atom stereocenters. The van der Waals surface area contributed by atoms with Crippen molar-refractivity contribution in [2.24, 2.45) is 0 Å². The van der Waals surface area contributed by atoms with Crippen molar-refractivity contribution in [2.75, 3.05) is 43.0 Å². The number of hydrogen-bond donors (Lipinski definition) is 1. The molecule has 0 aromatic heterocycles. The summed E-state index contributed by atoms with van der Waals surface area (Å²) in [5.74, 6) is 0.460. The molecule has 7 nitrogen and oxygen atoms in total. The van der Waals surface area contributed by atoms with Crippen molar-refractivity contribution >= 4 is 32.8 Å². The predicted molar refractivity (Wildman–Crippen MR) is 91.0 cm³/mol. The molecule has 1 N–H and O–H groups in total. The maximum absolute atomic E-state index is 11.4. The summed E-state index contributed by atoms with van der Waals surface area (Å²) < 4.78 is 22.7. The van der Waals surface area contributed by atoms with Crippen LogP contribution in [-0.2, 0) is 9.84 Å². The molecular formula is C14H20ClN3O4S.